The lowest BCUT2D eigenvalue weighted by Crippen LogP contribution is -2.13. The Balaban J connectivity index is 1.26. The van der Waals surface area contributed by atoms with E-state index in [9.17, 15) is 0 Å². The predicted molar refractivity (Wildman–Crippen MR) is 176 cm³/mol. The lowest BCUT2D eigenvalue weighted by molar-refractivity contribution is 0.984. The molecule has 0 aliphatic heterocycles. The Morgan fingerprint density at radius 1 is 0.463 bits per heavy atom. The van der Waals surface area contributed by atoms with Crippen LogP contribution in [0.1, 0.15) is 17.5 Å². The van der Waals surface area contributed by atoms with Gasteiger partial charge in [-0.05, 0) is 86.8 Å². The molecule has 0 aromatic heterocycles. The SMILES string of the molecule is C1=Cc2c(cccc2N(c2ccc(-c3ccc4c(ccc5ccccc54)c3)cc2)c2cccc3ccccc23)CC1. The third-order valence-corrected chi connectivity index (χ3v) is 8.49. The monoisotopic (exact) mass is 523 g/mol. The molecule has 1 nitrogen and oxygen atoms in total. The minimum absolute atomic E-state index is 1.08. The second kappa shape index (κ2) is 9.80. The summed E-state index contributed by atoms with van der Waals surface area (Å²) in [4.78, 5) is 2.44. The van der Waals surface area contributed by atoms with Crippen LogP contribution in [0.4, 0.5) is 17.1 Å². The number of hydrogen-bond acceptors (Lipinski definition) is 1. The van der Waals surface area contributed by atoms with Crippen LogP contribution in [-0.4, -0.2) is 0 Å². The topological polar surface area (TPSA) is 3.24 Å². The highest BCUT2D eigenvalue weighted by Gasteiger charge is 2.20. The zero-order valence-electron chi connectivity index (χ0n) is 22.8. The number of allylic oxidation sites excluding steroid dienone is 1. The van der Waals surface area contributed by atoms with Gasteiger partial charge in [0.1, 0.15) is 0 Å². The summed E-state index contributed by atoms with van der Waals surface area (Å²) in [5.74, 6) is 0. The molecule has 0 spiro atoms. The molecule has 0 unspecified atom stereocenters. The Labute approximate surface area is 240 Å². The molecule has 194 valence electrons. The maximum atomic E-state index is 2.44. The van der Waals surface area contributed by atoms with Gasteiger partial charge in [0.15, 0.2) is 0 Å². The van der Waals surface area contributed by atoms with E-state index in [4.69, 9.17) is 0 Å². The summed E-state index contributed by atoms with van der Waals surface area (Å²) < 4.78 is 0. The smallest absolute Gasteiger partial charge is 0.0540 e. The molecule has 0 N–H and O–H groups in total. The Kier molecular flexibility index (Phi) is 5.67. The van der Waals surface area contributed by atoms with Gasteiger partial charge in [-0.1, -0.05) is 121 Å². The van der Waals surface area contributed by atoms with Gasteiger partial charge in [-0.25, -0.2) is 0 Å². The molecule has 41 heavy (non-hydrogen) atoms. The number of fused-ring (bicyclic) bond motifs is 5. The molecule has 1 heteroatoms. The summed E-state index contributed by atoms with van der Waals surface area (Å²) >= 11 is 0. The molecule has 0 atom stereocenters. The molecule has 8 rings (SSSR count). The Hall–Kier alpha value is -5.14. The van der Waals surface area contributed by atoms with Crippen LogP contribution in [0.15, 0.2) is 146 Å². The van der Waals surface area contributed by atoms with E-state index in [2.05, 4.69) is 157 Å². The molecule has 7 aromatic rings. The van der Waals surface area contributed by atoms with Crippen LogP contribution in [0.25, 0.3) is 49.5 Å². The van der Waals surface area contributed by atoms with E-state index in [0.717, 1.165) is 18.5 Å². The fourth-order valence-electron chi connectivity index (χ4n) is 6.45. The van der Waals surface area contributed by atoms with Gasteiger partial charge in [0, 0.05) is 16.6 Å². The average molecular weight is 524 g/mol. The standard InChI is InChI=1S/C40H29N/c1-4-14-35-31(11-1)19-20-33-27-32(23-26-36(33)35)28-21-24-34(25-22-28)41(39-17-7-12-29-9-2-5-15-37(29)39)40-18-8-13-30-10-3-6-16-38(30)40/h1-2,4-9,11-27H,3,10H2. The van der Waals surface area contributed by atoms with Crippen molar-refractivity contribution in [2.75, 3.05) is 4.90 Å². The van der Waals surface area contributed by atoms with Crippen molar-refractivity contribution in [3.8, 4) is 11.1 Å². The molecule has 0 saturated heterocycles. The molecular weight excluding hydrogens is 494 g/mol. The first-order valence-corrected chi connectivity index (χ1v) is 14.4. The van der Waals surface area contributed by atoms with Crippen molar-refractivity contribution in [3.63, 3.8) is 0 Å². The van der Waals surface area contributed by atoms with E-state index in [-0.39, 0.29) is 0 Å². The van der Waals surface area contributed by atoms with Crippen LogP contribution in [0.5, 0.6) is 0 Å². The van der Waals surface area contributed by atoms with E-state index in [1.165, 1.54) is 65.9 Å². The average Bonchev–Trinajstić information content (AvgIpc) is 3.05. The highest BCUT2D eigenvalue weighted by molar-refractivity contribution is 6.08. The van der Waals surface area contributed by atoms with Crippen molar-refractivity contribution in [1.29, 1.82) is 0 Å². The first kappa shape index (κ1) is 23.7. The van der Waals surface area contributed by atoms with Crippen LogP contribution in [0, 0.1) is 0 Å². The predicted octanol–water partition coefficient (Wildman–Crippen LogP) is 11.2. The van der Waals surface area contributed by atoms with Crippen molar-refractivity contribution in [1.82, 2.24) is 0 Å². The highest BCUT2D eigenvalue weighted by atomic mass is 15.1. The van der Waals surface area contributed by atoms with Gasteiger partial charge < -0.3 is 4.90 Å². The summed E-state index contributed by atoms with van der Waals surface area (Å²) in [6, 6.07) is 51.0. The first-order valence-electron chi connectivity index (χ1n) is 14.4. The van der Waals surface area contributed by atoms with Crippen molar-refractivity contribution in [2.24, 2.45) is 0 Å². The van der Waals surface area contributed by atoms with Crippen LogP contribution >= 0.6 is 0 Å². The summed E-state index contributed by atoms with van der Waals surface area (Å²) in [6.45, 7) is 0. The first-order chi connectivity index (χ1) is 20.3. The molecule has 0 bridgehead atoms. The van der Waals surface area contributed by atoms with Crippen LogP contribution in [-0.2, 0) is 6.42 Å². The lowest BCUT2D eigenvalue weighted by Gasteiger charge is -2.30. The van der Waals surface area contributed by atoms with Gasteiger partial charge in [0.2, 0.25) is 0 Å². The van der Waals surface area contributed by atoms with Crippen molar-refractivity contribution in [2.45, 2.75) is 12.8 Å². The quantitative estimate of drug-likeness (QED) is 0.207. The second-order valence-corrected chi connectivity index (χ2v) is 10.9. The Morgan fingerprint density at radius 2 is 1.12 bits per heavy atom. The normalized spacial score (nSPS) is 12.6. The third-order valence-electron chi connectivity index (χ3n) is 8.49. The fraction of sp³-hybridized carbons (Fsp3) is 0.0500. The second-order valence-electron chi connectivity index (χ2n) is 10.9. The van der Waals surface area contributed by atoms with Gasteiger partial charge in [0.25, 0.3) is 0 Å². The highest BCUT2D eigenvalue weighted by Crippen LogP contribution is 2.43. The molecule has 0 fully saturated rings. The van der Waals surface area contributed by atoms with E-state index in [1.54, 1.807) is 0 Å². The van der Waals surface area contributed by atoms with Gasteiger partial charge in [-0.2, -0.15) is 0 Å². The summed E-state index contributed by atoms with van der Waals surface area (Å²) in [5.41, 5.74) is 8.76. The summed E-state index contributed by atoms with van der Waals surface area (Å²) in [7, 11) is 0. The molecule has 0 saturated carbocycles. The van der Waals surface area contributed by atoms with Crippen LogP contribution < -0.4 is 4.90 Å². The number of benzene rings is 7. The van der Waals surface area contributed by atoms with E-state index >= 15 is 0 Å². The fourth-order valence-corrected chi connectivity index (χ4v) is 6.45. The van der Waals surface area contributed by atoms with Crippen molar-refractivity contribution >= 4 is 55.5 Å². The van der Waals surface area contributed by atoms with E-state index in [1.807, 2.05) is 0 Å². The minimum Gasteiger partial charge on any atom is -0.309 e. The lowest BCUT2D eigenvalue weighted by atomic mass is 9.94. The molecule has 1 aliphatic carbocycles. The van der Waals surface area contributed by atoms with Gasteiger partial charge >= 0.3 is 0 Å². The molecule has 0 heterocycles. The number of rotatable bonds is 4. The van der Waals surface area contributed by atoms with Crippen LogP contribution in [0.2, 0.25) is 0 Å². The van der Waals surface area contributed by atoms with Crippen molar-refractivity contribution in [3.05, 3.63) is 157 Å². The number of nitrogens with zero attached hydrogens (tertiary/aromatic N) is 1. The molecular formula is C40H29N. The van der Waals surface area contributed by atoms with Gasteiger partial charge in [-0.3, -0.25) is 0 Å². The minimum atomic E-state index is 1.08. The summed E-state index contributed by atoms with van der Waals surface area (Å²) in [6.07, 6.45) is 6.79. The number of hydrogen-bond donors (Lipinski definition) is 0. The molecule has 7 aromatic carbocycles. The van der Waals surface area contributed by atoms with Crippen molar-refractivity contribution < 1.29 is 0 Å². The maximum Gasteiger partial charge on any atom is 0.0540 e. The third kappa shape index (κ3) is 4.10. The zero-order valence-corrected chi connectivity index (χ0v) is 22.8. The Bertz CT molecular complexity index is 2090. The molecule has 1 aliphatic rings. The Morgan fingerprint density at radius 3 is 2.00 bits per heavy atom. The number of anilines is 3. The van der Waals surface area contributed by atoms with Gasteiger partial charge in [0.05, 0.1) is 11.4 Å². The van der Waals surface area contributed by atoms with E-state index < -0.39 is 0 Å². The van der Waals surface area contributed by atoms with Crippen LogP contribution in [0.3, 0.4) is 0 Å². The summed E-state index contributed by atoms with van der Waals surface area (Å²) in [5, 5.41) is 7.65. The molecule has 0 amide bonds. The van der Waals surface area contributed by atoms with E-state index in [0.29, 0.717) is 0 Å². The maximum absolute atomic E-state index is 2.44. The zero-order chi connectivity index (χ0) is 27.2. The number of aryl methyl sites for hydroxylation is 1. The van der Waals surface area contributed by atoms with Gasteiger partial charge in [-0.15, -0.1) is 0 Å². The largest absolute Gasteiger partial charge is 0.309 e. The molecule has 0 radical (unpaired) electrons.